The van der Waals surface area contributed by atoms with Gasteiger partial charge in [0.05, 0.1) is 46.9 Å². The number of nitrogens with one attached hydrogen (secondary N) is 2. The molecular weight excluding hydrogens is 658 g/mol. The number of hydroxylamine groups is 1. The quantitative estimate of drug-likeness (QED) is 0.186. The lowest BCUT2D eigenvalue weighted by atomic mass is 10.0. The van der Waals surface area contributed by atoms with E-state index in [9.17, 15) is 4.79 Å². The molecule has 1 aromatic heterocycles. The van der Waals surface area contributed by atoms with E-state index in [2.05, 4.69) is 48.8 Å². The zero-order valence-corrected chi connectivity index (χ0v) is 28.7. The van der Waals surface area contributed by atoms with Gasteiger partial charge in [-0.1, -0.05) is 42.8 Å². The molecule has 11 nitrogen and oxygen atoms in total. The number of anilines is 5. The van der Waals surface area contributed by atoms with Crippen molar-refractivity contribution < 1.29 is 18.8 Å². The number of rotatable bonds is 10. The van der Waals surface area contributed by atoms with E-state index >= 15 is 4.39 Å². The number of ether oxygens (including phenoxy) is 1. The monoisotopic (exact) mass is 698 g/mol. The predicted molar refractivity (Wildman–Crippen MR) is 188 cm³/mol. The van der Waals surface area contributed by atoms with Gasteiger partial charge in [0.1, 0.15) is 23.7 Å². The minimum Gasteiger partial charge on any atom is -0.494 e. The molecular formula is C34H41Cl2FN8O3. The van der Waals surface area contributed by atoms with Gasteiger partial charge in [0, 0.05) is 69.4 Å². The van der Waals surface area contributed by atoms with Crippen molar-refractivity contribution in [3.05, 3.63) is 70.7 Å². The van der Waals surface area contributed by atoms with E-state index in [1.807, 2.05) is 12.1 Å². The molecule has 1 amide bonds. The summed E-state index contributed by atoms with van der Waals surface area (Å²) < 4.78 is 20.9. The molecule has 0 radical (unpaired) electrons. The summed E-state index contributed by atoms with van der Waals surface area (Å²) in [5.74, 6) is 0.546. The maximum atomic E-state index is 15.1. The zero-order chi connectivity index (χ0) is 33.8. The first-order valence-electron chi connectivity index (χ1n) is 16.3. The van der Waals surface area contributed by atoms with Crippen LogP contribution in [0, 0.1) is 5.82 Å². The topological polar surface area (TPSA) is 98.3 Å². The number of benzene rings is 2. The highest BCUT2D eigenvalue weighted by Crippen LogP contribution is 2.41. The van der Waals surface area contributed by atoms with Crippen LogP contribution in [-0.4, -0.2) is 91.2 Å². The van der Waals surface area contributed by atoms with Gasteiger partial charge in [0.15, 0.2) is 5.82 Å². The van der Waals surface area contributed by atoms with Crippen LogP contribution in [0.25, 0.3) is 0 Å². The fourth-order valence-electron chi connectivity index (χ4n) is 6.75. The van der Waals surface area contributed by atoms with Crippen LogP contribution in [0.1, 0.15) is 37.8 Å². The molecule has 3 fully saturated rings. The lowest BCUT2D eigenvalue weighted by Gasteiger charge is -2.43. The molecule has 2 N–H and O–H groups in total. The fraction of sp³-hybridized carbons (Fsp3) is 0.441. The van der Waals surface area contributed by atoms with Crippen molar-refractivity contribution in [3.63, 3.8) is 0 Å². The van der Waals surface area contributed by atoms with Gasteiger partial charge >= 0.3 is 0 Å². The normalized spacial score (nSPS) is 19.4. The number of carbonyl (C=O) groups excluding carboxylic acids is 1. The number of methoxy groups -OCH3 is 1. The summed E-state index contributed by atoms with van der Waals surface area (Å²) in [6.45, 7) is 13.5. The third-order valence-electron chi connectivity index (χ3n) is 9.41. The van der Waals surface area contributed by atoms with Crippen molar-refractivity contribution in [3.8, 4) is 5.75 Å². The van der Waals surface area contributed by atoms with Gasteiger partial charge in [-0.2, -0.15) is 0 Å². The third-order valence-corrected chi connectivity index (χ3v) is 10.2. The van der Waals surface area contributed by atoms with Crippen LogP contribution >= 0.6 is 23.2 Å². The van der Waals surface area contributed by atoms with Crippen molar-refractivity contribution >= 4 is 57.8 Å². The lowest BCUT2D eigenvalue weighted by molar-refractivity contribution is -0.111. The SMILES string of the molecule is C=CC(=O)Nc1cc(Nc2cc(N3OCC[C@@H]3c3ccc(Cl)c(Cl)c3F)ncn2)c(OC)cc1N1CCC(N2CCN(CC)CC2)CC1. The van der Waals surface area contributed by atoms with Gasteiger partial charge in [0.2, 0.25) is 5.91 Å². The number of likely N-dealkylation sites (N-methyl/N-ethyl adjacent to an activating group) is 1. The Morgan fingerprint density at radius 2 is 1.85 bits per heavy atom. The number of piperidine rings is 1. The molecule has 2 aromatic carbocycles. The lowest BCUT2D eigenvalue weighted by Crippen LogP contribution is -2.53. The summed E-state index contributed by atoms with van der Waals surface area (Å²) >= 11 is 12.1. The van der Waals surface area contributed by atoms with Crippen LogP contribution in [0.5, 0.6) is 5.75 Å². The van der Waals surface area contributed by atoms with Crippen molar-refractivity contribution in [2.75, 3.05) is 80.1 Å². The molecule has 0 spiro atoms. The summed E-state index contributed by atoms with van der Waals surface area (Å²) in [6.07, 6.45) is 5.26. The molecule has 3 aliphatic rings. The highest BCUT2D eigenvalue weighted by molar-refractivity contribution is 6.42. The smallest absolute Gasteiger partial charge is 0.247 e. The second-order valence-corrected chi connectivity index (χ2v) is 12.9. The Hall–Kier alpha value is -3.68. The van der Waals surface area contributed by atoms with E-state index in [0.29, 0.717) is 53.4 Å². The summed E-state index contributed by atoms with van der Waals surface area (Å²) in [7, 11) is 1.61. The number of aromatic nitrogens is 2. The Bertz CT molecular complexity index is 1630. The summed E-state index contributed by atoms with van der Waals surface area (Å²) in [5.41, 5.74) is 2.45. The van der Waals surface area contributed by atoms with Crippen LogP contribution < -0.4 is 25.3 Å². The molecule has 6 rings (SSSR count). The van der Waals surface area contributed by atoms with Gasteiger partial charge in [0.25, 0.3) is 0 Å². The molecule has 1 atom stereocenters. The van der Waals surface area contributed by atoms with E-state index in [1.54, 1.807) is 30.4 Å². The van der Waals surface area contributed by atoms with E-state index in [0.717, 1.165) is 64.3 Å². The average Bonchev–Trinajstić information content (AvgIpc) is 3.61. The molecule has 14 heteroatoms. The average molecular weight is 700 g/mol. The molecule has 3 aliphatic heterocycles. The van der Waals surface area contributed by atoms with Crippen LogP contribution in [0.4, 0.5) is 33.1 Å². The zero-order valence-electron chi connectivity index (χ0n) is 27.2. The maximum Gasteiger partial charge on any atom is 0.247 e. The second kappa shape index (κ2) is 15.3. The molecule has 3 saturated heterocycles. The fourth-order valence-corrected chi connectivity index (χ4v) is 7.07. The van der Waals surface area contributed by atoms with Crippen LogP contribution in [0.2, 0.25) is 10.0 Å². The summed E-state index contributed by atoms with van der Waals surface area (Å²) in [4.78, 5) is 34.7. The third kappa shape index (κ3) is 7.32. The Balaban J connectivity index is 1.22. The Labute approximate surface area is 290 Å². The Morgan fingerprint density at radius 1 is 1.08 bits per heavy atom. The first kappa shape index (κ1) is 34.2. The van der Waals surface area contributed by atoms with Crippen molar-refractivity contribution in [2.24, 2.45) is 0 Å². The molecule has 3 aromatic rings. The molecule has 0 aliphatic carbocycles. The van der Waals surface area contributed by atoms with Gasteiger partial charge in [-0.15, -0.1) is 0 Å². The summed E-state index contributed by atoms with van der Waals surface area (Å²) in [6, 6.07) is 8.74. The van der Waals surface area contributed by atoms with E-state index in [-0.39, 0.29) is 16.0 Å². The highest BCUT2D eigenvalue weighted by atomic mass is 35.5. The van der Waals surface area contributed by atoms with E-state index in [1.165, 1.54) is 12.4 Å². The van der Waals surface area contributed by atoms with Crippen LogP contribution in [0.3, 0.4) is 0 Å². The Morgan fingerprint density at radius 3 is 2.56 bits per heavy atom. The van der Waals surface area contributed by atoms with Gasteiger partial charge < -0.3 is 25.2 Å². The minimum atomic E-state index is -0.588. The first-order chi connectivity index (χ1) is 23.3. The number of hydrogen-bond acceptors (Lipinski definition) is 10. The minimum absolute atomic E-state index is 0.129. The molecule has 4 heterocycles. The predicted octanol–water partition coefficient (Wildman–Crippen LogP) is 6.29. The van der Waals surface area contributed by atoms with E-state index in [4.69, 9.17) is 32.8 Å². The molecule has 0 saturated carbocycles. The standard InChI is InChI=1S/C34H41Cl2FN8O3/c1-4-32(46)41-25-18-26(29(47-3)19-28(25)44-11-8-22(9-12-44)43-15-13-42(5-2)14-16-43)40-30-20-31(39-21-38-30)45-27(10-17-48-45)23-6-7-24(35)33(36)34(23)37/h4,6-7,18-22,27H,1,5,8-17H2,2-3H3,(H,41,46)(H,38,39,40)/t27-/m1/s1. The van der Waals surface area contributed by atoms with Crippen molar-refractivity contribution in [1.29, 1.82) is 0 Å². The Kier molecular flexibility index (Phi) is 10.9. The molecule has 0 bridgehead atoms. The number of carbonyl (C=O) groups is 1. The number of nitrogens with zero attached hydrogens (tertiary/aromatic N) is 6. The van der Waals surface area contributed by atoms with Crippen molar-refractivity contribution in [2.45, 2.75) is 38.3 Å². The molecule has 0 unspecified atom stereocenters. The van der Waals surface area contributed by atoms with Gasteiger partial charge in [-0.25, -0.2) is 19.4 Å². The largest absolute Gasteiger partial charge is 0.494 e. The van der Waals surface area contributed by atoms with Crippen LogP contribution in [0.15, 0.2) is 49.3 Å². The second-order valence-electron chi connectivity index (χ2n) is 12.1. The summed E-state index contributed by atoms with van der Waals surface area (Å²) in [5, 5.41) is 7.87. The molecule has 256 valence electrons. The number of hydrogen-bond donors (Lipinski definition) is 2. The van der Waals surface area contributed by atoms with Crippen molar-refractivity contribution in [1.82, 2.24) is 19.8 Å². The van der Waals surface area contributed by atoms with Crippen LogP contribution in [-0.2, 0) is 9.63 Å². The number of halogens is 3. The number of amides is 1. The number of piperazine rings is 1. The van der Waals surface area contributed by atoms with Gasteiger partial charge in [-0.3, -0.25) is 14.5 Å². The highest BCUT2D eigenvalue weighted by Gasteiger charge is 2.33. The molecule has 48 heavy (non-hydrogen) atoms. The van der Waals surface area contributed by atoms with Gasteiger partial charge in [-0.05, 0) is 37.6 Å². The van der Waals surface area contributed by atoms with E-state index < -0.39 is 11.9 Å². The maximum absolute atomic E-state index is 15.1. The first-order valence-corrected chi connectivity index (χ1v) is 17.1.